The lowest BCUT2D eigenvalue weighted by Gasteiger charge is -2.18. The lowest BCUT2D eigenvalue weighted by Crippen LogP contribution is -2.40. The molecule has 0 saturated heterocycles. The molecule has 92 valence electrons. The second kappa shape index (κ2) is 5.17. The van der Waals surface area contributed by atoms with Crippen molar-refractivity contribution in [1.82, 2.24) is 5.32 Å². The Morgan fingerprint density at radius 1 is 1.19 bits per heavy atom. The summed E-state index contributed by atoms with van der Waals surface area (Å²) in [6, 6.07) is 0. The summed E-state index contributed by atoms with van der Waals surface area (Å²) >= 11 is 0. The minimum atomic E-state index is -0.234. The van der Waals surface area contributed by atoms with Gasteiger partial charge in [0.25, 0.3) is 0 Å². The Bertz CT molecular complexity index is 240. The highest BCUT2D eigenvalue weighted by Gasteiger charge is 2.43. The van der Waals surface area contributed by atoms with Crippen LogP contribution in [0.3, 0.4) is 0 Å². The zero-order valence-electron chi connectivity index (χ0n) is 10.0. The van der Waals surface area contributed by atoms with Gasteiger partial charge in [0, 0.05) is 6.42 Å². The second-order valence-electron chi connectivity index (χ2n) is 5.55. The molecule has 0 atom stereocenters. The lowest BCUT2D eigenvalue weighted by molar-refractivity contribution is -0.123. The minimum absolute atomic E-state index is 0.101. The van der Waals surface area contributed by atoms with Crippen LogP contribution < -0.4 is 5.32 Å². The van der Waals surface area contributed by atoms with Gasteiger partial charge in [0.2, 0.25) is 5.91 Å². The molecule has 2 aliphatic carbocycles. The molecule has 0 aromatic carbocycles. The summed E-state index contributed by atoms with van der Waals surface area (Å²) in [5.74, 6) is 0.732. The predicted octanol–water partition coefficient (Wildman–Crippen LogP) is 1.99. The maximum absolute atomic E-state index is 11.8. The lowest BCUT2D eigenvalue weighted by atomic mass is 9.96. The SMILES string of the molecule is O=C(CC1CCCCCC1)NC1(CO)CC1. The van der Waals surface area contributed by atoms with E-state index in [-0.39, 0.29) is 18.1 Å². The molecule has 2 N–H and O–H groups in total. The van der Waals surface area contributed by atoms with Gasteiger partial charge in [-0.1, -0.05) is 25.7 Å². The fourth-order valence-corrected chi connectivity index (χ4v) is 2.65. The first kappa shape index (κ1) is 11.9. The van der Waals surface area contributed by atoms with E-state index in [2.05, 4.69) is 5.32 Å². The Morgan fingerprint density at radius 2 is 1.81 bits per heavy atom. The number of aliphatic hydroxyl groups excluding tert-OH is 1. The molecule has 0 radical (unpaired) electrons. The van der Waals surface area contributed by atoms with Gasteiger partial charge in [0.1, 0.15) is 0 Å². The number of carbonyl (C=O) groups excluding carboxylic acids is 1. The summed E-state index contributed by atoms with van der Waals surface area (Å²) in [7, 11) is 0. The van der Waals surface area contributed by atoms with Crippen molar-refractivity contribution in [3.8, 4) is 0 Å². The molecule has 0 spiro atoms. The largest absolute Gasteiger partial charge is 0.394 e. The maximum Gasteiger partial charge on any atom is 0.220 e. The zero-order valence-corrected chi connectivity index (χ0v) is 10.0. The second-order valence-corrected chi connectivity index (χ2v) is 5.55. The molecule has 0 bridgehead atoms. The first-order chi connectivity index (χ1) is 7.74. The van der Waals surface area contributed by atoms with Crippen LogP contribution in [0.15, 0.2) is 0 Å². The topological polar surface area (TPSA) is 49.3 Å². The Labute approximate surface area is 97.6 Å². The van der Waals surface area contributed by atoms with Crippen LogP contribution in [0.5, 0.6) is 0 Å². The van der Waals surface area contributed by atoms with Gasteiger partial charge in [-0.25, -0.2) is 0 Å². The zero-order chi connectivity index (χ0) is 11.4. The first-order valence-corrected chi connectivity index (χ1v) is 6.66. The predicted molar refractivity (Wildman–Crippen MR) is 63.0 cm³/mol. The molecule has 0 aromatic rings. The van der Waals surface area contributed by atoms with Gasteiger partial charge in [-0.2, -0.15) is 0 Å². The Morgan fingerprint density at radius 3 is 2.31 bits per heavy atom. The van der Waals surface area contributed by atoms with Crippen molar-refractivity contribution < 1.29 is 9.90 Å². The highest BCUT2D eigenvalue weighted by molar-refractivity contribution is 5.77. The molecular formula is C13H23NO2. The molecule has 1 amide bonds. The van der Waals surface area contributed by atoms with Crippen molar-refractivity contribution in [3.63, 3.8) is 0 Å². The highest BCUT2D eigenvalue weighted by Crippen LogP contribution is 2.35. The van der Waals surface area contributed by atoms with Gasteiger partial charge in [-0.05, 0) is 31.6 Å². The third-order valence-corrected chi connectivity index (χ3v) is 4.01. The Balaban J connectivity index is 1.73. The molecule has 0 aliphatic heterocycles. The number of nitrogens with one attached hydrogen (secondary N) is 1. The summed E-state index contributed by atoms with van der Waals surface area (Å²) in [6.45, 7) is 0.101. The van der Waals surface area contributed by atoms with Gasteiger partial charge in [-0.3, -0.25) is 4.79 Å². The molecule has 0 unspecified atom stereocenters. The normalized spacial score (nSPS) is 24.8. The van der Waals surface area contributed by atoms with E-state index in [9.17, 15) is 4.79 Å². The molecule has 0 heterocycles. The number of hydrogen-bond donors (Lipinski definition) is 2. The van der Waals surface area contributed by atoms with Crippen LogP contribution in [0.4, 0.5) is 0 Å². The molecule has 2 aliphatic rings. The Hall–Kier alpha value is -0.570. The van der Waals surface area contributed by atoms with Crippen LogP contribution in [-0.2, 0) is 4.79 Å². The maximum atomic E-state index is 11.8. The van der Waals surface area contributed by atoms with Crippen molar-refractivity contribution in [2.45, 2.75) is 63.3 Å². The van der Waals surface area contributed by atoms with E-state index in [0.717, 1.165) is 12.8 Å². The number of rotatable bonds is 4. The van der Waals surface area contributed by atoms with E-state index in [1.54, 1.807) is 0 Å². The number of amides is 1. The number of carbonyl (C=O) groups is 1. The molecule has 16 heavy (non-hydrogen) atoms. The molecule has 2 rings (SSSR count). The molecule has 3 heteroatoms. The van der Waals surface area contributed by atoms with Crippen molar-refractivity contribution in [3.05, 3.63) is 0 Å². The standard InChI is InChI=1S/C13H23NO2/c15-10-13(7-8-13)14-12(16)9-11-5-3-1-2-4-6-11/h11,15H,1-10H2,(H,14,16). The summed E-state index contributed by atoms with van der Waals surface area (Å²) in [5, 5.41) is 12.1. The summed E-state index contributed by atoms with van der Waals surface area (Å²) in [6.07, 6.45) is 10.2. The molecule has 3 nitrogen and oxygen atoms in total. The van der Waals surface area contributed by atoms with Gasteiger partial charge in [0.15, 0.2) is 0 Å². The average molecular weight is 225 g/mol. The third-order valence-electron chi connectivity index (χ3n) is 4.01. The molecular weight excluding hydrogens is 202 g/mol. The Kier molecular flexibility index (Phi) is 3.85. The van der Waals surface area contributed by atoms with Crippen LogP contribution in [0, 0.1) is 5.92 Å². The quantitative estimate of drug-likeness (QED) is 0.719. The van der Waals surface area contributed by atoms with Crippen molar-refractivity contribution in [2.75, 3.05) is 6.61 Å². The van der Waals surface area contributed by atoms with E-state index >= 15 is 0 Å². The molecule has 2 fully saturated rings. The van der Waals surface area contributed by atoms with E-state index in [1.165, 1.54) is 38.5 Å². The summed E-state index contributed by atoms with van der Waals surface area (Å²) in [4.78, 5) is 11.8. The van der Waals surface area contributed by atoms with Crippen molar-refractivity contribution >= 4 is 5.91 Å². The van der Waals surface area contributed by atoms with E-state index in [0.29, 0.717) is 12.3 Å². The van der Waals surface area contributed by atoms with E-state index < -0.39 is 0 Å². The van der Waals surface area contributed by atoms with E-state index in [1.807, 2.05) is 0 Å². The fraction of sp³-hybridized carbons (Fsp3) is 0.923. The van der Waals surface area contributed by atoms with Crippen molar-refractivity contribution in [1.29, 1.82) is 0 Å². The van der Waals surface area contributed by atoms with Gasteiger partial charge in [0.05, 0.1) is 12.1 Å². The number of aliphatic hydroxyl groups is 1. The first-order valence-electron chi connectivity index (χ1n) is 6.66. The van der Waals surface area contributed by atoms with Crippen LogP contribution in [0.1, 0.15) is 57.8 Å². The monoisotopic (exact) mass is 225 g/mol. The van der Waals surface area contributed by atoms with Crippen LogP contribution in [-0.4, -0.2) is 23.2 Å². The van der Waals surface area contributed by atoms with Crippen LogP contribution in [0.2, 0.25) is 0 Å². The van der Waals surface area contributed by atoms with Crippen LogP contribution in [0.25, 0.3) is 0 Å². The van der Waals surface area contributed by atoms with Crippen LogP contribution >= 0.6 is 0 Å². The molecule has 0 aromatic heterocycles. The minimum Gasteiger partial charge on any atom is -0.394 e. The van der Waals surface area contributed by atoms with Gasteiger partial charge < -0.3 is 10.4 Å². The van der Waals surface area contributed by atoms with Gasteiger partial charge in [-0.15, -0.1) is 0 Å². The number of hydrogen-bond acceptors (Lipinski definition) is 2. The average Bonchev–Trinajstić information content (AvgIpc) is 3.04. The fourth-order valence-electron chi connectivity index (χ4n) is 2.65. The molecule has 2 saturated carbocycles. The summed E-state index contributed by atoms with van der Waals surface area (Å²) in [5.41, 5.74) is -0.234. The smallest absolute Gasteiger partial charge is 0.220 e. The van der Waals surface area contributed by atoms with Crippen molar-refractivity contribution in [2.24, 2.45) is 5.92 Å². The highest BCUT2D eigenvalue weighted by atomic mass is 16.3. The third kappa shape index (κ3) is 3.21. The van der Waals surface area contributed by atoms with E-state index in [4.69, 9.17) is 5.11 Å². The van der Waals surface area contributed by atoms with Gasteiger partial charge >= 0.3 is 0 Å². The summed E-state index contributed by atoms with van der Waals surface area (Å²) < 4.78 is 0.